The van der Waals surface area contributed by atoms with E-state index >= 15 is 0 Å². The first-order valence-electron chi connectivity index (χ1n) is 8.16. The van der Waals surface area contributed by atoms with E-state index in [9.17, 15) is 0 Å². The van der Waals surface area contributed by atoms with Gasteiger partial charge in [-0.05, 0) is 0 Å². The molecule has 0 fully saturated rings. The Balaban J connectivity index is 2.37. The third-order valence-corrected chi connectivity index (χ3v) is 12.4. The predicted octanol–water partition coefficient (Wildman–Crippen LogP) is 5.30. The summed E-state index contributed by atoms with van der Waals surface area (Å²) in [5.41, 5.74) is 0. The van der Waals surface area contributed by atoms with Crippen LogP contribution in [0.15, 0.2) is 91.0 Å². The zero-order valence-electron chi connectivity index (χ0n) is 13.5. The van der Waals surface area contributed by atoms with Gasteiger partial charge in [0.15, 0.2) is 0 Å². The summed E-state index contributed by atoms with van der Waals surface area (Å²) < 4.78 is 0. The van der Waals surface area contributed by atoms with Gasteiger partial charge in [-0.25, -0.2) is 0 Å². The molecule has 3 aromatic rings. The van der Waals surface area contributed by atoms with Gasteiger partial charge in [0.1, 0.15) is 0 Å². The van der Waals surface area contributed by atoms with Gasteiger partial charge in [0.05, 0.1) is 0 Å². The second-order valence-corrected chi connectivity index (χ2v) is 12.9. The van der Waals surface area contributed by atoms with Gasteiger partial charge in [-0.1, -0.05) is 0 Å². The summed E-state index contributed by atoms with van der Waals surface area (Å²) in [5, 5.41) is 3.60. The molecule has 0 amide bonds. The van der Waals surface area contributed by atoms with Crippen molar-refractivity contribution in [1.29, 1.82) is 0 Å². The molecule has 0 aliphatic heterocycles. The number of benzene rings is 3. The van der Waals surface area contributed by atoms with E-state index in [-0.39, 0.29) is 0 Å². The van der Waals surface area contributed by atoms with Crippen molar-refractivity contribution in [3.05, 3.63) is 91.0 Å². The second-order valence-electron chi connectivity index (χ2n) is 5.96. The summed E-state index contributed by atoms with van der Waals surface area (Å²) in [4.78, 5) is 0. The zero-order chi connectivity index (χ0) is 16.9. The molecular weight excluding hydrogens is 354 g/mol. The molecule has 0 spiro atoms. The molecule has 0 aromatic heterocycles. The summed E-state index contributed by atoms with van der Waals surface area (Å²) >= 11 is 13.9. The Morgan fingerprint density at radius 2 is 0.917 bits per heavy atom. The molecule has 24 heavy (non-hydrogen) atoms. The van der Waals surface area contributed by atoms with E-state index in [0.29, 0.717) is 5.88 Å². The molecule has 0 aliphatic carbocycles. The van der Waals surface area contributed by atoms with Crippen LogP contribution >= 0.6 is 28.8 Å². The van der Waals surface area contributed by atoms with Crippen LogP contribution in [0.1, 0.15) is 6.42 Å². The topological polar surface area (TPSA) is 0 Å². The Hall–Kier alpha value is -1.33. The average Bonchev–Trinajstić information content (AvgIpc) is 2.68. The first-order valence-corrected chi connectivity index (χ1v) is 12.0. The summed E-state index contributed by atoms with van der Waals surface area (Å²) in [7, 11) is 0. The molecule has 3 aromatic carbocycles. The first kappa shape index (κ1) is 17.5. The van der Waals surface area contributed by atoms with Crippen LogP contribution in [0.25, 0.3) is 0 Å². The van der Waals surface area contributed by atoms with Gasteiger partial charge in [0.25, 0.3) is 0 Å². The number of hydrogen-bond donors (Lipinski definition) is 0. The van der Waals surface area contributed by atoms with Crippen LogP contribution in [-0.4, -0.2) is 12.0 Å². The predicted molar refractivity (Wildman–Crippen MR) is 111 cm³/mol. The SMILES string of the molecule is ClCCCP(Cl)(c1ccccc1)(c1ccccc1)c1ccccc1. The van der Waals surface area contributed by atoms with Gasteiger partial charge in [-0.2, -0.15) is 0 Å². The van der Waals surface area contributed by atoms with Gasteiger partial charge in [0.2, 0.25) is 0 Å². The number of alkyl halides is 1. The maximum atomic E-state index is 7.82. The van der Waals surface area contributed by atoms with E-state index in [0.717, 1.165) is 12.6 Å². The summed E-state index contributed by atoms with van der Waals surface area (Å²) in [6.45, 7) is 0. The Morgan fingerprint density at radius 1 is 0.583 bits per heavy atom. The molecule has 0 unspecified atom stereocenters. The van der Waals surface area contributed by atoms with Crippen molar-refractivity contribution >= 4 is 44.7 Å². The molecule has 0 saturated carbocycles. The Kier molecular flexibility index (Phi) is 5.30. The van der Waals surface area contributed by atoms with Crippen molar-refractivity contribution in [3.8, 4) is 0 Å². The minimum absolute atomic E-state index is 0.608. The quantitative estimate of drug-likeness (QED) is 0.405. The minimum atomic E-state index is -3.06. The van der Waals surface area contributed by atoms with Gasteiger partial charge < -0.3 is 0 Å². The van der Waals surface area contributed by atoms with Crippen LogP contribution in [0.5, 0.6) is 0 Å². The third kappa shape index (κ3) is 2.88. The third-order valence-electron chi connectivity index (χ3n) is 4.60. The van der Waals surface area contributed by atoms with Gasteiger partial charge >= 0.3 is 154 Å². The van der Waals surface area contributed by atoms with Gasteiger partial charge in [0, 0.05) is 0 Å². The number of halogens is 2. The normalized spacial score (nSPS) is 13.2. The van der Waals surface area contributed by atoms with Crippen molar-refractivity contribution in [1.82, 2.24) is 0 Å². The molecular formula is C21H21Cl2P. The van der Waals surface area contributed by atoms with E-state index in [1.54, 1.807) is 0 Å². The van der Waals surface area contributed by atoms with Crippen molar-refractivity contribution in [3.63, 3.8) is 0 Å². The molecule has 0 aliphatic rings. The van der Waals surface area contributed by atoms with E-state index in [1.165, 1.54) is 15.9 Å². The molecule has 0 N–H and O–H groups in total. The molecule has 3 rings (SSSR count). The van der Waals surface area contributed by atoms with Gasteiger partial charge in [-0.15, -0.1) is 0 Å². The summed E-state index contributed by atoms with van der Waals surface area (Å²) in [5.74, 6) is -2.46. The second kappa shape index (κ2) is 7.28. The van der Waals surface area contributed by atoms with Crippen LogP contribution in [0.3, 0.4) is 0 Å². The van der Waals surface area contributed by atoms with E-state index < -0.39 is 5.96 Å². The summed E-state index contributed by atoms with van der Waals surface area (Å²) in [6, 6.07) is 31.6. The standard InChI is InChI=1S/C21H21Cl2P/c22-17-10-18-24(23,19-11-4-1-5-12-19,20-13-6-2-7-14-20)21-15-8-3-9-16-21/h1-9,11-16H,10,17-18H2. The fourth-order valence-electron chi connectivity index (χ4n) is 3.41. The fourth-order valence-corrected chi connectivity index (χ4v) is 9.90. The molecule has 0 heterocycles. The fraction of sp³-hybridized carbons (Fsp3) is 0.143. The molecule has 0 nitrogen and oxygen atoms in total. The van der Waals surface area contributed by atoms with Crippen LogP contribution in [-0.2, 0) is 0 Å². The van der Waals surface area contributed by atoms with Crippen molar-refractivity contribution in [2.45, 2.75) is 6.42 Å². The van der Waals surface area contributed by atoms with E-state index in [2.05, 4.69) is 72.8 Å². The van der Waals surface area contributed by atoms with Crippen LogP contribution in [0.2, 0.25) is 0 Å². The van der Waals surface area contributed by atoms with Crippen LogP contribution < -0.4 is 15.9 Å². The van der Waals surface area contributed by atoms with Crippen LogP contribution in [0.4, 0.5) is 0 Å². The number of hydrogen-bond acceptors (Lipinski definition) is 0. The van der Waals surface area contributed by atoms with Crippen molar-refractivity contribution in [2.75, 3.05) is 12.0 Å². The molecule has 0 atom stereocenters. The molecule has 0 radical (unpaired) electrons. The van der Waals surface area contributed by atoms with Crippen molar-refractivity contribution < 1.29 is 0 Å². The van der Waals surface area contributed by atoms with E-state index in [1.807, 2.05) is 18.2 Å². The first-order chi connectivity index (χ1) is 11.7. The molecule has 0 bridgehead atoms. The summed E-state index contributed by atoms with van der Waals surface area (Å²) in [6.07, 6.45) is 1.73. The Labute approximate surface area is 154 Å². The van der Waals surface area contributed by atoms with E-state index in [4.69, 9.17) is 22.8 Å². The zero-order valence-corrected chi connectivity index (χ0v) is 15.9. The Morgan fingerprint density at radius 3 is 1.21 bits per heavy atom. The molecule has 0 saturated heterocycles. The number of rotatable bonds is 6. The average molecular weight is 375 g/mol. The van der Waals surface area contributed by atoms with Gasteiger partial charge in [-0.3, -0.25) is 0 Å². The molecule has 124 valence electrons. The monoisotopic (exact) mass is 374 g/mol. The van der Waals surface area contributed by atoms with Crippen LogP contribution in [0, 0.1) is 0 Å². The maximum absolute atomic E-state index is 7.82. The molecule has 3 heteroatoms. The Bertz CT molecular complexity index is 673. The van der Waals surface area contributed by atoms with Crippen molar-refractivity contribution in [2.24, 2.45) is 0 Å².